The van der Waals surface area contributed by atoms with Crippen molar-refractivity contribution in [3.05, 3.63) is 48.2 Å². The number of ether oxygens (including phenoxy) is 1. The standard InChI is InChI=1S/C20H22N6OS/c1-23-20(22)28-19(21)13-5-6-16-14(11-13)15(12-24-16)17-3-2-4-18(25-17)26-7-9-27-10-8-26/h2-6,11-12,21,24H,7-10H2,1H3,(H2,22,23). The number of nitrogens with zero attached hydrogens (tertiary/aromatic N) is 3. The second-order valence-electron chi connectivity index (χ2n) is 6.44. The van der Waals surface area contributed by atoms with Crippen LogP contribution in [0.15, 0.2) is 47.6 Å². The van der Waals surface area contributed by atoms with Gasteiger partial charge in [0.25, 0.3) is 0 Å². The van der Waals surface area contributed by atoms with Gasteiger partial charge in [-0.25, -0.2) is 4.98 Å². The Morgan fingerprint density at radius 3 is 2.89 bits per heavy atom. The Morgan fingerprint density at radius 2 is 2.11 bits per heavy atom. The van der Waals surface area contributed by atoms with Crippen molar-refractivity contribution in [1.29, 1.82) is 5.41 Å². The van der Waals surface area contributed by atoms with E-state index in [0.717, 1.165) is 71.6 Å². The van der Waals surface area contributed by atoms with Gasteiger partial charge < -0.3 is 20.4 Å². The zero-order valence-corrected chi connectivity index (χ0v) is 16.4. The maximum Gasteiger partial charge on any atom is 0.160 e. The van der Waals surface area contributed by atoms with Gasteiger partial charge in [0.05, 0.1) is 18.9 Å². The molecule has 1 aromatic carbocycles. The summed E-state index contributed by atoms with van der Waals surface area (Å²) in [6.45, 7) is 3.16. The van der Waals surface area contributed by atoms with Crippen LogP contribution in [0.5, 0.6) is 0 Å². The molecule has 1 aliphatic heterocycles. The molecule has 0 bridgehead atoms. The number of aromatic amines is 1. The van der Waals surface area contributed by atoms with E-state index in [9.17, 15) is 0 Å². The average molecular weight is 395 g/mol. The van der Waals surface area contributed by atoms with E-state index < -0.39 is 0 Å². The van der Waals surface area contributed by atoms with E-state index in [1.807, 2.05) is 42.6 Å². The van der Waals surface area contributed by atoms with Crippen molar-refractivity contribution in [3.8, 4) is 11.3 Å². The maximum absolute atomic E-state index is 8.29. The molecule has 28 heavy (non-hydrogen) atoms. The molecule has 4 rings (SSSR count). The van der Waals surface area contributed by atoms with Gasteiger partial charge in [-0.05, 0) is 36.0 Å². The molecular formula is C20H22N6OS. The third kappa shape index (κ3) is 3.74. The summed E-state index contributed by atoms with van der Waals surface area (Å²) < 4.78 is 5.44. The fourth-order valence-electron chi connectivity index (χ4n) is 3.22. The first-order valence-electron chi connectivity index (χ1n) is 9.06. The molecule has 0 radical (unpaired) electrons. The summed E-state index contributed by atoms with van der Waals surface area (Å²) >= 11 is 1.15. The number of amidine groups is 1. The van der Waals surface area contributed by atoms with Crippen molar-refractivity contribution in [2.24, 2.45) is 10.7 Å². The molecule has 2 aromatic heterocycles. The molecule has 8 heteroatoms. The number of morpholine rings is 1. The van der Waals surface area contributed by atoms with Crippen LogP contribution in [0.4, 0.5) is 5.82 Å². The van der Waals surface area contributed by atoms with E-state index in [4.69, 9.17) is 20.9 Å². The van der Waals surface area contributed by atoms with Crippen LogP contribution in [-0.4, -0.2) is 53.5 Å². The number of aromatic nitrogens is 2. The highest BCUT2D eigenvalue weighted by atomic mass is 32.2. The highest BCUT2D eigenvalue weighted by Crippen LogP contribution is 2.30. The number of aliphatic imine (C=N–C) groups is 1. The van der Waals surface area contributed by atoms with Crippen LogP contribution in [0.25, 0.3) is 22.2 Å². The van der Waals surface area contributed by atoms with Crippen LogP contribution in [0, 0.1) is 5.41 Å². The molecule has 0 amide bonds. The minimum atomic E-state index is 0.368. The topological polar surface area (TPSA) is 103 Å². The Kier molecular flexibility index (Phi) is 5.31. The number of hydrogen-bond donors (Lipinski definition) is 3. The number of pyridine rings is 1. The molecule has 0 unspecified atom stereocenters. The molecule has 0 spiro atoms. The predicted molar refractivity (Wildman–Crippen MR) is 117 cm³/mol. The number of rotatable bonds is 3. The normalized spacial score (nSPS) is 15.2. The quantitative estimate of drug-likeness (QED) is 0.468. The number of anilines is 1. The molecule has 1 fully saturated rings. The van der Waals surface area contributed by atoms with Crippen LogP contribution in [-0.2, 0) is 4.74 Å². The van der Waals surface area contributed by atoms with Gasteiger partial charge in [-0.2, -0.15) is 0 Å². The zero-order chi connectivity index (χ0) is 19.5. The number of fused-ring (bicyclic) bond motifs is 1. The summed E-state index contributed by atoms with van der Waals surface area (Å²) in [4.78, 5) is 14.3. The number of nitrogens with one attached hydrogen (secondary N) is 2. The average Bonchev–Trinajstić information content (AvgIpc) is 3.17. The molecule has 0 atom stereocenters. The third-order valence-corrected chi connectivity index (χ3v) is 5.55. The minimum Gasteiger partial charge on any atom is -0.378 e. The van der Waals surface area contributed by atoms with Gasteiger partial charge in [0.15, 0.2) is 5.17 Å². The van der Waals surface area contributed by atoms with Crippen LogP contribution in [0.1, 0.15) is 5.56 Å². The van der Waals surface area contributed by atoms with Gasteiger partial charge in [0.2, 0.25) is 0 Å². The smallest absolute Gasteiger partial charge is 0.160 e. The molecule has 3 aromatic rings. The van der Waals surface area contributed by atoms with Crippen LogP contribution < -0.4 is 10.6 Å². The Bertz CT molecular complexity index is 1040. The summed E-state index contributed by atoms with van der Waals surface area (Å²) in [5.41, 5.74) is 9.48. The summed E-state index contributed by atoms with van der Waals surface area (Å²) in [5, 5.41) is 10.1. The second-order valence-corrected chi connectivity index (χ2v) is 7.47. The third-order valence-electron chi connectivity index (χ3n) is 4.72. The Morgan fingerprint density at radius 1 is 1.29 bits per heavy atom. The number of benzene rings is 1. The van der Waals surface area contributed by atoms with E-state index in [2.05, 4.69) is 14.9 Å². The lowest BCUT2D eigenvalue weighted by atomic mass is 10.1. The van der Waals surface area contributed by atoms with E-state index in [1.54, 1.807) is 7.05 Å². The predicted octanol–water partition coefficient (Wildman–Crippen LogP) is 3.07. The molecule has 0 aliphatic carbocycles. The number of nitrogens with two attached hydrogens (primary N) is 1. The molecular weight excluding hydrogens is 372 g/mol. The van der Waals surface area contributed by atoms with Gasteiger partial charge in [-0.1, -0.05) is 12.1 Å². The van der Waals surface area contributed by atoms with E-state index >= 15 is 0 Å². The Hall–Kier alpha value is -2.84. The van der Waals surface area contributed by atoms with Crippen LogP contribution in [0.2, 0.25) is 0 Å². The molecule has 3 heterocycles. The first-order chi connectivity index (χ1) is 13.7. The number of thioether (sulfide) groups is 1. The molecule has 1 aliphatic rings. The summed E-state index contributed by atoms with van der Waals surface area (Å²) in [6.07, 6.45) is 1.97. The minimum absolute atomic E-state index is 0.368. The van der Waals surface area contributed by atoms with Crippen molar-refractivity contribution in [2.75, 3.05) is 38.3 Å². The monoisotopic (exact) mass is 394 g/mol. The second kappa shape index (κ2) is 8.04. The van der Waals surface area contributed by atoms with Crippen molar-refractivity contribution >= 4 is 38.7 Å². The first kappa shape index (κ1) is 18.5. The number of H-pyrrole nitrogens is 1. The molecule has 7 nitrogen and oxygen atoms in total. The molecule has 4 N–H and O–H groups in total. The van der Waals surface area contributed by atoms with Gasteiger partial charge in [-0.15, -0.1) is 0 Å². The molecule has 1 saturated heterocycles. The summed E-state index contributed by atoms with van der Waals surface area (Å²) in [5.74, 6) is 0.960. The van der Waals surface area contributed by atoms with Gasteiger partial charge in [0, 0.05) is 48.4 Å². The maximum atomic E-state index is 8.29. The first-order valence-corrected chi connectivity index (χ1v) is 9.87. The highest BCUT2D eigenvalue weighted by molar-refractivity contribution is 8.26. The number of hydrogen-bond acceptors (Lipinski definition) is 6. The summed E-state index contributed by atoms with van der Waals surface area (Å²) in [7, 11) is 1.62. The fraction of sp³-hybridized carbons (Fsp3) is 0.250. The molecule has 144 valence electrons. The van der Waals surface area contributed by atoms with Crippen molar-refractivity contribution in [2.45, 2.75) is 0 Å². The zero-order valence-electron chi connectivity index (χ0n) is 15.6. The lowest BCUT2D eigenvalue weighted by Crippen LogP contribution is -2.36. The molecule has 0 saturated carbocycles. The van der Waals surface area contributed by atoms with Gasteiger partial charge in [0.1, 0.15) is 10.9 Å². The Labute approximate surface area is 167 Å². The fourth-order valence-corrected chi connectivity index (χ4v) is 3.77. The van der Waals surface area contributed by atoms with Crippen LogP contribution in [0.3, 0.4) is 0 Å². The SMILES string of the molecule is CN=C(N)SC(=N)c1ccc2[nH]cc(-c3cccc(N4CCOCC4)n3)c2c1. The lowest BCUT2D eigenvalue weighted by Gasteiger charge is -2.28. The highest BCUT2D eigenvalue weighted by Gasteiger charge is 2.15. The van der Waals surface area contributed by atoms with Gasteiger partial charge in [-0.3, -0.25) is 10.4 Å². The lowest BCUT2D eigenvalue weighted by molar-refractivity contribution is 0.122. The van der Waals surface area contributed by atoms with Gasteiger partial charge >= 0.3 is 0 Å². The van der Waals surface area contributed by atoms with Crippen molar-refractivity contribution in [3.63, 3.8) is 0 Å². The van der Waals surface area contributed by atoms with E-state index in [0.29, 0.717) is 10.2 Å². The van der Waals surface area contributed by atoms with E-state index in [-0.39, 0.29) is 0 Å². The van der Waals surface area contributed by atoms with Crippen molar-refractivity contribution in [1.82, 2.24) is 9.97 Å². The Balaban J connectivity index is 1.69. The van der Waals surface area contributed by atoms with Crippen molar-refractivity contribution < 1.29 is 4.74 Å². The largest absolute Gasteiger partial charge is 0.378 e. The summed E-state index contributed by atoms with van der Waals surface area (Å²) in [6, 6.07) is 12.0. The van der Waals surface area contributed by atoms with E-state index in [1.165, 1.54) is 0 Å². The van der Waals surface area contributed by atoms with Crippen LogP contribution >= 0.6 is 11.8 Å².